The summed E-state index contributed by atoms with van der Waals surface area (Å²) in [7, 11) is -2.88. The third-order valence-electron chi connectivity index (χ3n) is 2.53. The number of amides is 1. The number of carbonyl (C=O) groups excluding carboxylic acids is 1. The van der Waals surface area contributed by atoms with Crippen molar-refractivity contribution >= 4 is 15.7 Å². The largest absolute Gasteiger partial charge is 0.350 e. The first-order valence-corrected chi connectivity index (χ1v) is 6.73. The quantitative estimate of drug-likeness (QED) is 0.707. The molecule has 0 radical (unpaired) electrons. The van der Waals surface area contributed by atoms with Gasteiger partial charge >= 0.3 is 0 Å². The molecular formula is C8H12N4O3S. The molecule has 0 aliphatic carbocycles. The molecule has 16 heavy (non-hydrogen) atoms. The highest BCUT2D eigenvalue weighted by Gasteiger charge is 2.28. The van der Waals surface area contributed by atoms with E-state index in [9.17, 15) is 13.2 Å². The molecule has 1 aliphatic rings. The van der Waals surface area contributed by atoms with Gasteiger partial charge in [0.25, 0.3) is 5.91 Å². The Morgan fingerprint density at radius 3 is 3.00 bits per heavy atom. The lowest BCUT2D eigenvalue weighted by Gasteiger charge is -2.07. The maximum absolute atomic E-state index is 11.4. The minimum atomic E-state index is -2.88. The van der Waals surface area contributed by atoms with Gasteiger partial charge in [-0.15, -0.1) is 0 Å². The highest BCUT2D eigenvalue weighted by molar-refractivity contribution is 7.91. The van der Waals surface area contributed by atoms with Crippen molar-refractivity contribution in [2.24, 2.45) is 5.92 Å². The van der Waals surface area contributed by atoms with Crippen LogP contribution in [0, 0.1) is 5.92 Å². The van der Waals surface area contributed by atoms with Gasteiger partial charge in [0.2, 0.25) is 0 Å². The molecule has 1 saturated heterocycles. The fourth-order valence-corrected chi connectivity index (χ4v) is 3.53. The number of nitrogens with one attached hydrogen (secondary N) is 2. The second-order valence-corrected chi connectivity index (χ2v) is 6.06. The van der Waals surface area contributed by atoms with Gasteiger partial charge in [0.05, 0.1) is 17.7 Å². The van der Waals surface area contributed by atoms with E-state index in [0.29, 0.717) is 13.0 Å². The van der Waals surface area contributed by atoms with Crippen LogP contribution in [-0.2, 0) is 9.84 Å². The van der Waals surface area contributed by atoms with Crippen LogP contribution in [0.4, 0.5) is 0 Å². The third-order valence-corrected chi connectivity index (χ3v) is 4.36. The zero-order valence-electron chi connectivity index (χ0n) is 8.51. The van der Waals surface area contributed by atoms with Crippen LogP contribution >= 0.6 is 0 Å². The monoisotopic (exact) mass is 244 g/mol. The molecule has 0 spiro atoms. The molecule has 0 bridgehead atoms. The molecule has 0 saturated carbocycles. The second-order valence-electron chi connectivity index (χ2n) is 3.83. The van der Waals surface area contributed by atoms with Crippen molar-refractivity contribution in [3.63, 3.8) is 0 Å². The van der Waals surface area contributed by atoms with Crippen LogP contribution in [0.25, 0.3) is 0 Å². The van der Waals surface area contributed by atoms with Crippen molar-refractivity contribution < 1.29 is 13.2 Å². The summed E-state index contributed by atoms with van der Waals surface area (Å²) in [5.74, 6) is 0.0581. The molecule has 7 nitrogen and oxygen atoms in total. The first kappa shape index (κ1) is 11.1. The Balaban J connectivity index is 1.83. The average Bonchev–Trinajstić information content (AvgIpc) is 2.83. The van der Waals surface area contributed by atoms with Gasteiger partial charge in [0.15, 0.2) is 15.5 Å². The highest BCUT2D eigenvalue weighted by atomic mass is 32.2. The van der Waals surface area contributed by atoms with Crippen molar-refractivity contribution in [2.75, 3.05) is 18.1 Å². The lowest BCUT2D eigenvalue weighted by Crippen LogP contribution is -2.30. The van der Waals surface area contributed by atoms with Gasteiger partial charge in [-0.05, 0) is 12.3 Å². The van der Waals surface area contributed by atoms with E-state index in [4.69, 9.17) is 0 Å². The predicted molar refractivity (Wildman–Crippen MR) is 55.5 cm³/mol. The SMILES string of the molecule is O=C(NCC1CCS(=O)(=O)C1)c1cn[nH]n1. The number of aromatic amines is 1. The van der Waals surface area contributed by atoms with E-state index < -0.39 is 9.84 Å². The van der Waals surface area contributed by atoms with Gasteiger partial charge in [-0.1, -0.05) is 0 Å². The summed E-state index contributed by atoms with van der Waals surface area (Å²) in [6.45, 7) is 0.366. The van der Waals surface area contributed by atoms with Crippen LogP contribution in [-0.4, -0.2) is 47.8 Å². The van der Waals surface area contributed by atoms with Crippen LogP contribution in [0.2, 0.25) is 0 Å². The minimum Gasteiger partial charge on any atom is -0.350 e. The Hall–Kier alpha value is -1.44. The molecule has 8 heteroatoms. The molecule has 2 rings (SSSR count). The molecule has 1 amide bonds. The normalized spacial score (nSPS) is 23.1. The van der Waals surface area contributed by atoms with Gasteiger partial charge in [-0.25, -0.2) is 8.42 Å². The fraction of sp³-hybridized carbons (Fsp3) is 0.625. The Kier molecular flexibility index (Phi) is 2.90. The number of aromatic nitrogens is 3. The summed E-state index contributed by atoms with van der Waals surface area (Å²) in [4.78, 5) is 11.4. The van der Waals surface area contributed by atoms with E-state index >= 15 is 0 Å². The smallest absolute Gasteiger partial charge is 0.273 e. The first-order valence-electron chi connectivity index (χ1n) is 4.91. The maximum Gasteiger partial charge on any atom is 0.273 e. The Morgan fingerprint density at radius 1 is 1.62 bits per heavy atom. The molecule has 1 unspecified atom stereocenters. The zero-order chi connectivity index (χ0) is 11.6. The number of hydrogen-bond donors (Lipinski definition) is 2. The van der Waals surface area contributed by atoms with E-state index in [1.807, 2.05) is 0 Å². The highest BCUT2D eigenvalue weighted by Crippen LogP contribution is 2.17. The van der Waals surface area contributed by atoms with E-state index in [1.165, 1.54) is 6.20 Å². The molecule has 1 atom stereocenters. The van der Waals surface area contributed by atoms with Gasteiger partial charge in [-0.2, -0.15) is 15.4 Å². The molecule has 88 valence electrons. The van der Waals surface area contributed by atoms with E-state index in [2.05, 4.69) is 20.7 Å². The summed E-state index contributed by atoms with van der Waals surface area (Å²) in [5.41, 5.74) is 0.209. The lowest BCUT2D eigenvalue weighted by molar-refractivity contribution is 0.0943. The van der Waals surface area contributed by atoms with E-state index in [1.54, 1.807) is 0 Å². The topological polar surface area (TPSA) is 105 Å². The van der Waals surface area contributed by atoms with Crippen LogP contribution in [0.5, 0.6) is 0 Å². The number of hydrogen-bond acceptors (Lipinski definition) is 5. The number of sulfone groups is 1. The fourth-order valence-electron chi connectivity index (χ4n) is 1.67. The van der Waals surface area contributed by atoms with Gasteiger partial charge < -0.3 is 5.32 Å². The second kappa shape index (κ2) is 4.20. The molecule has 1 aromatic heterocycles. The van der Waals surface area contributed by atoms with Gasteiger partial charge in [0.1, 0.15) is 0 Å². The zero-order valence-corrected chi connectivity index (χ0v) is 9.33. The Bertz CT molecular complexity index is 467. The van der Waals surface area contributed by atoms with Crippen molar-refractivity contribution in [3.05, 3.63) is 11.9 Å². The summed E-state index contributed by atoms with van der Waals surface area (Å²) >= 11 is 0. The average molecular weight is 244 g/mol. The van der Waals surface area contributed by atoms with Crippen LogP contribution in [0.15, 0.2) is 6.20 Å². The standard InChI is InChI=1S/C8H12N4O3S/c13-8(7-4-10-12-11-7)9-3-6-1-2-16(14,15)5-6/h4,6H,1-3,5H2,(H,9,13)(H,10,11,12). The van der Waals surface area contributed by atoms with Crippen molar-refractivity contribution in [1.82, 2.24) is 20.7 Å². The summed E-state index contributed by atoms with van der Waals surface area (Å²) in [5, 5.41) is 12.1. The molecule has 1 aromatic rings. The number of H-pyrrole nitrogens is 1. The van der Waals surface area contributed by atoms with Gasteiger partial charge in [-0.3, -0.25) is 4.79 Å². The molecule has 2 N–H and O–H groups in total. The van der Waals surface area contributed by atoms with Crippen LogP contribution in [0.3, 0.4) is 0 Å². The molecule has 1 aliphatic heterocycles. The number of nitrogens with zero attached hydrogens (tertiary/aromatic N) is 2. The molecular weight excluding hydrogens is 232 g/mol. The third kappa shape index (κ3) is 2.57. The number of carbonyl (C=O) groups is 1. The maximum atomic E-state index is 11.4. The molecule has 1 fully saturated rings. The van der Waals surface area contributed by atoms with E-state index in [-0.39, 0.29) is 29.0 Å². The molecule has 2 heterocycles. The molecule has 0 aromatic carbocycles. The summed E-state index contributed by atoms with van der Waals surface area (Å²) < 4.78 is 22.3. The Morgan fingerprint density at radius 2 is 2.44 bits per heavy atom. The van der Waals surface area contributed by atoms with Crippen LogP contribution in [0.1, 0.15) is 16.9 Å². The number of rotatable bonds is 3. The predicted octanol–water partition coefficient (Wildman–Crippen LogP) is -1.03. The summed E-state index contributed by atoms with van der Waals surface area (Å²) in [6.07, 6.45) is 1.93. The van der Waals surface area contributed by atoms with Crippen molar-refractivity contribution in [1.29, 1.82) is 0 Å². The van der Waals surface area contributed by atoms with Crippen LogP contribution < -0.4 is 5.32 Å². The minimum absolute atomic E-state index is 0.0147. The van der Waals surface area contributed by atoms with Crippen molar-refractivity contribution in [3.8, 4) is 0 Å². The summed E-state index contributed by atoms with van der Waals surface area (Å²) in [6, 6.07) is 0. The van der Waals surface area contributed by atoms with Crippen molar-refractivity contribution in [2.45, 2.75) is 6.42 Å². The first-order chi connectivity index (χ1) is 7.57. The Labute approximate surface area is 92.5 Å². The van der Waals surface area contributed by atoms with E-state index in [0.717, 1.165) is 0 Å². The lowest BCUT2D eigenvalue weighted by atomic mass is 10.1. The van der Waals surface area contributed by atoms with Gasteiger partial charge in [0, 0.05) is 6.54 Å².